The number of halogens is 4. The van der Waals surface area contributed by atoms with Crippen LogP contribution in [0.5, 0.6) is 0 Å². The fourth-order valence-electron chi connectivity index (χ4n) is 3.70. The maximum atomic E-state index is 6.46. The normalized spacial score (nSPS) is 25.0. The van der Waals surface area contributed by atoms with E-state index in [-0.39, 0.29) is 12.0 Å². The van der Waals surface area contributed by atoms with E-state index in [2.05, 4.69) is 17.5 Å². The summed E-state index contributed by atoms with van der Waals surface area (Å²) < 4.78 is 0. The van der Waals surface area contributed by atoms with Gasteiger partial charge in [0.05, 0.1) is 26.8 Å². The Bertz CT molecular complexity index is 815. The van der Waals surface area contributed by atoms with E-state index in [0.717, 1.165) is 28.3 Å². The summed E-state index contributed by atoms with van der Waals surface area (Å²) in [5.74, 6) is 0.576. The van der Waals surface area contributed by atoms with E-state index >= 15 is 0 Å². The minimum Gasteiger partial charge on any atom is -0.376 e. The Labute approximate surface area is 155 Å². The largest absolute Gasteiger partial charge is 0.376 e. The van der Waals surface area contributed by atoms with Crippen molar-refractivity contribution in [1.29, 1.82) is 0 Å². The van der Waals surface area contributed by atoms with Gasteiger partial charge in [-0.25, -0.2) is 0 Å². The van der Waals surface area contributed by atoms with Gasteiger partial charge in [-0.05, 0) is 36.1 Å². The van der Waals surface area contributed by atoms with Gasteiger partial charge in [0.15, 0.2) is 0 Å². The highest BCUT2D eigenvalue weighted by molar-refractivity contribution is 6.42. The molecule has 4 rings (SSSR count). The van der Waals surface area contributed by atoms with Crippen molar-refractivity contribution in [1.82, 2.24) is 0 Å². The van der Waals surface area contributed by atoms with E-state index in [9.17, 15) is 0 Å². The van der Waals surface area contributed by atoms with Gasteiger partial charge in [-0.2, -0.15) is 0 Å². The van der Waals surface area contributed by atoms with Crippen molar-refractivity contribution in [2.24, 2.45) is 5.92 Å². The Balaban J connectivity index is 1.88. The standard InChI is InChI=1S/C18H13Cl4N/c19-12-7-8-14(21)18-15(12)9-3-1-4-10(9)17(23-18)11-5-2-6-13(20)16(11)22/h1-3,5-10,17,23H,4H2/t9-,10+,17-/m1/s1. The zero-order chi connectivity index (χ0) is 16.1. The molecule has 0 fully saturated rings. The SMILES string of the molecule is Clc1cccc([C@@H]2Nc3c(Cl)ccc(Cl)c3[C@@H]3C=CC[C@@H]32)c1Cl. The van der Waals surface area contributed by atoms with Crippen LogP contribution in [0.2, 0.25) is 20.1 Å². The molecule has 1 nitrogen and oxygen atoms in total. The minimum atomic E-state index is 0.0460. The summed E-state index contributed by atoms with van der Waals surface area (Å²) >= 11 is 25.5. The molecular formula is C18H13Cl4N. The van der Waals surface area contributed by atoms with E-state index in [0.29, 0.717) is 21.0 Å². The topological polar surface area (TPSA) is 12.0 Å². The van der Waals surface area contributed by atoms with Crippen molar-refractivity contribution in [3.8, 4) is 0 Å². The number of hydrogen-bond donors (Lipinski definition) is 1. The Kier molecular flexibility index (Phi) is 4.01. The van der Waals surface area contributed by atoms with Gasteiger partial charge in [-0.3, -0.25) is 0 Å². The number of benzene rings is 2. The summed E-state index contributed by atoms with van der Waals surface area (Å²) in [4.78, 5) is 0. The molecule has 1 aliphatic carbocycles. The highest BCUT2D eigenvalue weighted by Crippen LogP contribution is 2.54. The van der Waals surface area contributed by atoms with Crippen molar-refractivity contribution in [3.05, 3.63) is 73.7 Å². The monoisotopic (exact) mass is 383 g/mol. The Morgan fingerprint density at radius 2 is 1.70 bits per heavy atom. The molecule has 0 unspecified atom stereocenters. The molecule has 0 saturated heterocycles. The summed E-state index contributed by atoms with van der Waals surface area (Å²) in [6.07, 6.45) is 5.39. The highest BCUT2D eigenvalue weighted by atomic mass is 35.5. The molecule has 1 aliphatic heterocycles. The van der Waals surface area contributed by atoms with Crippen LogP contribution in [0.15, 0.2) is 42.5 Å². The third-order valence-corrected chi connectivity index (χ3v) is 6.21. The van der Waals surface area contributed by atoms with Crippen LogP contribution < -0.4 is 5.32 Å². The maximum absolute atomic E-state index is 6.46. The highest BCUT2D eigenvalue weighted by Gasteiger charge is 2.40. The van der Waals surface area contributed by atoms with Crippen LogP contribution in [-0.2, 0) is 0 Å². The molecule has 0 saturated carbocycles. The summed E-state index contributed by atoms with van der Waals surface area (Å²) in [6.45, 7) is 0. The average molecular weight is 385 g/mol. The second-order valence-electron chi connectivity index (χ2n) is 5.94. The lowest BCUT2D eigenvalue weighted by atomic mass is 9.77. The number of hydrogen-bond acceptors (Lipinski definition) is 1. The number of fused-ring (bicyclic) bond motifs is 3. The molecule has 2 aliphatic rings. The van der Waals surface area contributed by atoms with Gasteiger partial charge >= 0.3 is 0 Å². The third-order valence-electron chi connectivity index (χ3n) is 4.73. The van der Waals surface area contributed by atoms with Gasteiger partial charge in [-0.15, -0.1) is 0 Å². The van der Waals surface area contributed by atoms with Crippen LogP contribution in [0.1, 0.15) is 29.5 Å². The van der Waals surface area contributed by atoms with Gasteiger partial charge in [0.25, 0.3) is 0 Å². The van der Waals surface area contributed by atoms with Gasteiger partial charge in [0, 0.05) is 16.5 Å². The molecule has 2 aromatic rings. The van der Waals surface area contributed by atoms with E-state index in [1.807, 2.05) is 24.3 Å². The fraction of sp³-hybridized carbons (Fsp3) is 0.222. The number of allylic oxidation sites excluding steroid dienone is 2. The summed E-state index contributed by atoms with van der Waals surface area (Å²) in [7, 11) is 0. The van der Waals surface area contributed by atoms with E-state index < -0.39 is 0 Å². The van der Waals surface area contributed by atoms with Gasteiger partial charge < -0.3 is 5.32 Å². The van der Waals surface area contributed by atoms with Crippen LogP contribution in [0.4, 0.5) is 5.69 Å². The number of anilines is 1. The van der Waals surface area contributed by atoms with Crippen LogP contribution in [-0.4, -0.2) is 0 Å². The molecule has 3 atom stereocenters. The second-order valence-corrected chi connectivity index (χ2v) is 7.54. The maximum Gasteiger partial charge on any atom is 0.0645 e. The Morgan fingerprint density at radius 1 is 0.913 bits per heavy atom. The van der Waals surface area contributed by atoms with Crippen LogP contribution in [0.25, 0.3) is 0 Å². The Hall–Kier alpha value is -0.860. The lowest BCUT2D eigenvalue weighted by Gasteiger charge is -2.38. The molecule has 118 valence electrons. The zero-order valence-electron chi connectivity index (χ0n) is 12.0. The average Bonchev–Trinajstić information content (AvgIpc) is 3.02. The van der Waals surface area contributed by atoms with Gasteiger partial charge in [0.1, 0.15) is 0 Å². The first-order valence-corrected chi connectivity index (χ1v) is 8.94. The third kappa shape index (κ3) is 2.46. The first-order valence-electron chi connectivity index (χ1n) is 7.43. The minimum absolute atomic E-state index is 0.0460. The van der Waals surface area contributed by atoms with Crippen LogP contribution in [0.3, 0.4) is 0 Å². The summed E-state index contributed by atoms with van der Waals surface area (Å²) in [6, 6.07) is 9.48. The summed E-state index contributed by atoms with van der Waals surface area (Å²) in [5.41, 5.74) is 2.97. The second kappa shape index (κ2) is 5.89. The number of nitrogens with one attached hydrogen (secondary N) is 1. The van der Waals surface area contributed by atoms with Gasteiger partial charge in [-0.1, -0.05) is 70.7 Å². The van der Waals surface area contributed by atoms with Gasteiger partial charge in [0.2, 0.25) is 0 Å². The molecule has 23 heavy (non-hydrogen) atoms. The van der Waals surface area contributed by atoms with Crippen molar-refractivity contribution >= 4 is 52.1 Å². The zero-order valence-corrected chi connectivity index (χ0v) is 15.0. The van der Waals surface area contributed by atoms with Crippen molar-refractivity contribution < 1.29 is 0 Å². The van der Waals surface area contributed by atoms with E-state index in [1.165, 1.54) is 0 Å². The molecule has 0 bridgehead atoms. The fourth-order valence-corrected chi connectivity index (χ4v) is 4.63. The molecule has 2 aromatic carbocycles. The lowest BCUT2D eigenvalue weighted by Crippen LogP contribution is -2.29. The molecule has 0 amide bonds. The predicted molar refractivity (Wildman–Crippen MR) is 99.3 cm³/mol. The lowest BCUT2D eigenvalue weighted by molar-refractivity contribution is 0.426. The quantitative estimate of drug-likeness (QED) is 0.515. The van der Waals surface area contributed by atoms with Crippen LogP contribution in [0, 0.1) is 5.92 Å². The first-order chi connectivity index (χ1) is 11.1. The molecule has 0 aromatic heterocycles. The van der Waals surface area contributed by atoms with Crippen molar-refractivity contribution in [2.45, 2.75) is 18.4 Å². The molecule has 5 heteroatoms. The Morgan fingerprint density at radius 3 is 2.52 bits per heavy atom. The molecule has 0 spiro atoms. The van der Waals surface area contributed by atoms with Crippen LogP contribution >= 0.6 is 46.4 Å². The predicted octanol–water partition coefficient (Wildman–Crippen LogP) is 7.13. The molecular weight excluding hydrogens is 372 g/mol. The molecule has 0 radical (unpaired) electrons. The molecule has 1 N–H and O–H groups in total. The van der Waals surface area contributed by atoms with Crippen molar-refractivity contribution in [2.75, 3.05) is 5.32 Å². The summed E-state index contributed by atoms with van der Waals surface area (Å²) in [5, 5.41) is 6.14. The van der Waals surface area contributed by atoms with Crippen molar-refractivity contribution in [3.63, 3.8) is 0 Å². The van der Waals surface area contributed by atoms with E-state index in [4.69, 9.17) is 46.4 Å². The molecule has 1 heterocycles. The number of rotatable bonds is 1. The smallest absolute Gasteiger partial charge is 0.0645 e. The first kappa shape index (κ1) is 15.7. The van der Waals surface area contributed by atoms with E-state index in [1.54, 1.807) is 6.07 Å².